The van der Waals surface area contributed by atoms with Gasteiger partial charge in [-0.15, -0.1) is 0 Å². The van der Waals surface area contributed by atoms with Crippen LogP contribution >= 0.6 is 0 Å². The van der Waals surface area contributed by atoms with Crippen LogP contribution < -0.4 is 0 Å². The Morgan fingerprint density at radius 2 is 1.29 bits per heavy atom. The smallest absolute Gasteiger partial charge is 0.292 e. The van der Waals surface area contributed by atoms with Crippen LogP contribution in [-0.4, -0.2) is 61.8 Å². The van der Waals surface area contributed by atoms with E-state index in [1.165, 1.54) is 0 Å². The SMILES string of the molecule is C=C(OC(=NC)N1CCN(C)CC1)/C(C)=C/N=C(C)C.CC.CC.CC.CC. The molecule has 0 bridgehead atoms. The summed E-state index contributed by atoms with van der Waals surface area (Å²) in [6, 6.07) is 0.632. The molecule has 0 aromatic carbocycles. The summed E-state index contributed by atoms with van der Waals surface area (Å²) in [6.07, 6.45) is 1.77. The van der Waals surface area contributed by atoms with Crippen molar-refractivity contribution >= 4 is 11.7 Å². The molecule has 1 aliphatic rings. The molecule has 0 atom stereocenters. The normalized spacial score (nSPS) is 13.7. The van der Waals surface area contributed by atoms with Gasteiger partial charge < -0.3 is 14.5 Å². The van der Waals surface area contributed by atoms with E-state index in [-0.39, 0.29) is 0 Å². The fourth-order valence-electron chi connectivity index (χ4n) is 1.74. The fraction of sp³-hybridized carbons (Fsp3) is 0.739. The molecule has 28 heavy (non-hydrogen) atoms. The minimum atomic E-state index is 0.592. The van der Waals surface area contributed by atoms with E-state index in [0.717, 1.165) is 37.5 Å². The third-order valence-corrected chi connectivity index (χ3v) is 3.14. The quantitative estimate of drug-likeness (QED) is 0.244. The molecule has 5 heteroatoms. The highest BCUT2D eigenvalue weighted by atomic mass is 16.5. The summed E-state index contributed by atoms with van der Waals surface area (Å²) in [5.41, 5.74) is 1.90. The Balaban J connectivity index is -0.000000318. The van der Waals surface area contributed by atoms with E-state index in [1.54, 1.807) is 13.2 Å². The summed E-state index contributed by atoms with van der Waals surface area (Å²) >= 11 is 0. The molecule has 0 amide bonds. The Hall–Kier alpha value is -1.62. The average molecular weight is 399 g/mol. The number of ether oxygens (including phenoxy) is 1. The van der Waals surface area contributed by atoms with Crippen molar-refractivity contribution in [3.63, 3.8) is 0 Å². The zero-order valence-corrected chi connectivity index (χ0v) is 21.3. The molecule has 1 heterocycles. The lowest BCUT2D eigenvalue weighted by Crippen LogP contribution is -2.47. The van der Waals surface area contributed by atoms with E-state index in [9.17, 15) is 0 Å². The topological polar surface area (TPSA) is 40.4 Å². The third-order valence-electron chi connectivity index (χ3n) is 3.14. The van der Waals surface area contributed by atoms with Crippen molar-refractivity contribution in [3.8, 4) is 0 Å². The molecule has 168 valence electrons. The van der Waals surface area contributed by atoms with Gasteiger partial charge in [0.05, 0.1) is 0 Å². The summed E-state index contributed by atoms with van der Waals surface area (Å²) in [6.45, 7) is 29.7. The lowest BCUT2D eigenvalue weighted by atomic mass is 10.3. The molecule has 0 aliphatic carbocycles. The number of aliphatic imine (C=N–C) groups is 2. The van der Waals surface area contributed by atoms with Gasteiger partial charge in [0.25, 0.3) is 6.02 Å². The molecule has 0 N–H and O–H groups in total. The first-order valence-electron chi connectivity index (χ1n) is 10.9. The maximum absolute atomic E-state index is 5.79. The van der Waals surface area contributed by atoms with Crippen LogP contribution in [-0.2, 0) is 4.74 Å². The highest BCUT2D eigenvalue weighted by Crippen LogP contribution is 2.12. The Morgan fingerprint density at radius 1 is 0.857 bits per heavy atom. The van der Waals surface area contributed by atoms with Crippen molar-refractivity contribution in [1.82, 2.24) is 9.80 Å². The van der Waals surface area contributed by atoms with Crippen LogP contribution in [0.25, 0.3) is 0 Å². The molecule has 0 saturated carbocycles. The zero-order chi connectivity index (χ0) is 23.1. The Bertz CT molecular complexity index is 428. The van der Waals surface area contributed by atoms with Gasteiger partial charge in [0, 0.05) is 50.7 Å². The van der Waals surface area contributed by atoms with Crippen LogP contribution in [0.4, 0.5) is 0 Å². The number of nitrogens with zero attached hydrogens (tertiary/aromatic N) is 4. The molecule has 1 fully saturated rings. The van der Waals surface area contributed by atoms with Crippen molar-refractivity contribution in [1.29, 1.82) is 0 Å². The first kappa shape index (κ1) is 33.9. The van der Waals surface area contributed by atoms with Crippen molar-refractivity contribution in [2.75, 3.05) is 40.3 Å². The molecule has 0 spiro atoms. The van der Waals surface area contributed by atoms with E-state index in [2.05, 4.69) is 33.4 Å². The second kappa shape index (κ2) is 25.4. The molecule has 1 rings (SSSR count). The van der Waals surface area contributed by atoms with Gasteiger partial charge in [-0.3, -0.25) is 4.99 Å². The van der Waals surface area contributed by atoms with Crippen LogP contribution in [0, 0.1) is 0 Å². The van der Waals surface area contributed by atoms with Crippen LogP contribution in [0.15, 0.2) is 34.1 Å². The minimum absolute atomic E-state index is 0.592. The first-order chi connectivity index (χ1) is 13.4. The molecule has 1 saturated heterocycles. The molecule has 0 radical (unpaired) electrons. The number of likely N-dealkylation sites (N-methyl/N-ethyl adjacent to an activating group) is 1. The molecular formula is C23H50N4O. The van der Waals surface area contributed by atoms with E-state index in [0.29, 0.717) is 11.8 Å². The maximum atomic E-state index is 5.79. The Labute approximate surface area is 177 Å². The van der Waals surface area contributed by atoms with Gasteiger partial charge in [-0.05, 0) is 27.8 Å². The number of piperazine rings is 1. The van der Waals surface area contributed by atoms with Crippen LogP contribution in [0.2, 0.25) is 0 Å². The van der Waals surface area contributed by atoms with Gasteiger partial charge in [-0.25, -0.2) is 4.99 Å². The minimum Gasteiger partial charge on any atom is -0.426 e. The number of allylic oxidation sites excluding steroid dienone is 1. The molecule has 0 aromatic rings. The number of rotatable bonds is 3. The van der Waals surface area contributed by atoms with Gasteiger partial charge in [-0.1, -0.05) is 62.0 Å². The standard InChI is InChI=1S/C15H26N4O.4C2H6/c1-12(2)17-11-13(3)14(4)20-15(16-5)19-9-7-18(6)8-10-19;4*1-2/h11H,4,7-10H2,1-3,5-6H3;4*1-2H3/b13-11+,16-15?;;;;. The monoisotopic (exact) mass is 398 g/mol. The average Bonchev–Trinajstić information content (AvgIpc) is 2.76. The second-order valence-corrected chi connectivity index (χ2v) is 5.21. The number of amidine groups is 1. The second-order valence-electron chi connectivity index (χ2n) is 5.21. The molecule has 0 unspecified atom stereocenters. The molecule has 0 aromatic heterocycles. The van der Waals surface area contributed by atoms with Gasteiger partial charge in [0.15, 0.2) is 0 Å². The van der Waals surface area contributed by atoms with Crippen molar-refractivity contribution in [2.24, 2.45) is 9.98 Å². The largest absolute Gasteiger partial charge is 0.426 e. The number of hydrogen-bond donors (Lipinski definition) is 0. The third kappa shape index (κ3) is 17.8. The Kier molecular flexibility index (Phi) is 30.8. The fourth-order valence-corrected chi connectivity index (χ4v) is 1.74. The van der Waals surface area contributed by atoms with E-state index >= 15 is 0 Å². The summed E-state index contributed by atoms with van der Waals surface area (Å²) in [5, 5.41) is 0. The van der Waals surface area contributed by atoms with E-state index in [4.69, 9.17) is 4.74 Å². The highest BCUT2D eigenvalue weighted by Gasteiger charge is 2.19. The Morgan fingerprint density at radius 3 is 1.64 bits per heavy atom. The summed E-state index contributed by atoms with van der Waals surface area (Å²) < 4.78 is 5.79. The highest BCUT2D eigenvalue weighted by molar-refractivity contribution is 5.79. The van der Waals surface area contributed by atoms with Crippen molar-refractivity contribution in [3.05, 3.63) is 24.1 Å². The van der Waals surface area contributed by atoms with Gasteiger partial charge in [-0.2, -0.15) is 0 Å². The summed E-state index contributed by atoms with van der Waals surface area (Å²) in [5.74, 6) is 0.592. The maximum Gasteiger partial charge on any atom is 0.292 e. The van der Waals surface area contributed by atoms with Crippen molar-refractivity contribution < 1.29 is 4.74 Å². The first-order valence-corrected chi connectivity index (χ1v) is 10.9. The van der Waals surface area contributed by atoms with Gasteiger partial charge >= 0.3 is 0 Å². The van der Waals surface area contributed by atoms with Gasteiger partial charge in [0.2, 0.25) is 0 Å². The van der Waals surface area contributed by atoms with Crippen LogP contribution in [0.1, 0.15) is 76.2 Å². The predicted molar refractivity (Wildman–Crippen MR) is 131 cm³/mol. The van der Waals surface area contributed by atoms with Crippen LogP contribution in [0.3, 0.4) is 0 Å². The van der Waals surface area contributed by atoms with Gasteiger partial charge in [0.1, 0.15) is 5.76 Å². The summed E-state index contributed by atoms with van der Waals surface area (Å²) in [7, 11) is 3.87. The molecule has 1 aliphatic heterocycles. The lowest BCUT2D eigenvalue weighted by molar-refractivity contribution is 0.186. The zero-order valence-electron chi connectivity index (χ0n) is 21.3. The van der Waals surface area contributed by atoms with E-state index in [1.807, 2.05) is 76.2 Å². The van der Waals surface area contributed by atoms with E-state index < -0.39 is 0 Å². The lowest BCUT2D eigenvalue weighted by Gasteiger charge is -2.33. The molecular weight excluding hydrogens is 348 g/mol. The van der Waals surface area contributed by atoms with Crippen molar-refractivity contribution in [2.45, 2.75) is 76.2 Å². The molecule has 5 nitrogen and oxygen atoms in total. The number of hydrogen-bond acceptors (Lipinski definition) is 4. The van der Waals surface area contributed by atoms with Crippen LogP contribution in [0.5, 0.6) is 0 Å². The summed E-state index contributed by atoms with van der Waals surface area (Å²) in [4.78, 5) is 12.9. The predicted octanol–water partition coefficient (Wildman–Crippen LogP) is 6.24.